The van der Waals surface area contributed by atoms with Gasteiger partial charge in [-0.2, -0.15) is 0 Å². The first-order valence-corrected chi connectivity index (χ1v) is 5.61. The van der Waals surface area contributed by atoms with Crippen molar-refractivity contribution >= 4 is 5.69 Å². The van der Waals surface area contributed by atoms with Crippen molar-refractivity contribution in [2.75, 3.05) is 0 Å². The van der Waals surface area contributed by atoms with E-state index in [1.807, 2.05) is 0 Å². The molecule has 0 bridgehead atoms. The molecule has 0 heterocycles. The van der Waals surface area contributed by atoms with E-state index in [4.69, 9.17) is 10.5 Å². The molecule has 0 aliphatic carbocycles. The van der Waals surface area contributed by atoms with Gasteiger partial charge in [0.15, 0.2) is 0 Å². The molecule has 0 saturated heterocycles. The van der Waals surface area contributed by atoms with Gasteiger partial charge in [0.05, 0.1) is 11.0 Å². The highest BCUT2D eigenvalue weighted by molar-refractivity contribution is 5.48. The van der Waals surface area contributed by atoms with Crippen molar-refractivity contribution in [2.24, 2.45) is 5.73 Å². The Balaban J connectivity index is 2.39. The van der Waals surface area contributed by atoms with Gasteiger partial charge in [0.25, 0.3) is 0 Å². The van der Waals surface area contributed by atoms with E-state index < -0.39 is 22.2 Å². The summed E-state index contributed by atoms with van der Waals surface area (Å²) in [5.41, 5.74) is 5.34. The number of nitrogens with zero attached hydrogens (tertiary/aromatic N) is 1. The van der Waals surface area contributed by atoms with Crippen LogP contribution in [0.3, 0.4) is 0 Å². The van der Waals surface area contributed by atoms with Crippen molar-refractivity contribution in [1.82, 2.24) is 0 Å². The monoisotopic (exact) mass is 280 g/mol. The van der Waals surface area contributed by atoms with E-state index in [-0.39, 0.29) is 18.0 Å². The molecule has 0 saturated carbocycles. The Morgan fingerprint density at radius 3 is 2.55 bits per heavy atom. The summed E-state index contributed by atoms with van der Waals surface area (Å²) < 4.78 is 31.5. The van der Waals surface area contributed by atoms with Crippen molar-refractivity contribution in [3.05, 3.63) is 63.7 Å². The fraction of sp³-hybridized carbons (Fsp3) is 0.0769. The van der Waals surface area contributed by atoms with Gasteiger partial charge in [0.2, 0.25) is 5.75 Å². The fourth-order valence-corrected chi connectivity index (χ4v) is 1.64. The molecule has 20 heavy (non-hydrogen) atoms. The molecule has 0 amide bonds. The number of benzene rings is 2. The Kier molecular flexibility index (Phi) is 3.90. The molecule has 2 aromatic carbocycles. The molecule has 0 fully saturated rings. The molecule has 7 heteroatoms. The lowest BCUT2D eigenvalue weighted by Crippen LogP contribution is -1.99. The highest BCUT2D eigenvalue weighted by Crippen LogP contribution is 2.32. The maximum absolute atomic E-state index is 13.3. The molecule has 2 aromatic rings. The molecule has 0 atom stereocenters. The topological polar surface area (TPSA) is 78.4 Å². The maximum atomic E-state index is 13.3. The van der Waals surface area contributed by atoms with Gasteiger partial charge in [-0.05, 0) is 29.8 Å². The van der Waals surface area contributed by atoms with Crippen LogP contribution in [0.15, 0.2) is 36.4 Å². The van der Waals surface area contributed by atoms with Gasteiger partial charge in [-0.15, -0.1) is 0 Å². The SMILES string of the molecule is NCc1cc(F)cc(Oc2ccc(F)cc2[N+](=O)[O-])c1. The van der Waals surface area contributed by atoms with Crippen LogP contribution in [0.25, 0.3) is 0 Å². The summed E-state index contributed by atoms with van der Waals surface area (Å²) in [6.07, 6.45) is 0. The van der Waals surface area contributed by atoms with E-state index >= 15 is 0 Å². The van der Waals surface area contributed by atoms with Crippen LogP contribution in [-0.4, -0.2) is 4.92 Å². The summed E-state index contributed by atoms with van der Waals surface area (Å²) in [7, 11) is 0. The largest absolute Gasteiger partial charge is 0.450 e. The summed E-state index contributed by atoms with van der Waals surface area (Å²) in [6, 6.07) is 6.61. The fourth-order valence-electron chi connectivity index (χ4n) is 1.64. The number of nitro groups is 1. The molecule has 5 nitrogen and oxygen atoms in total. The zero-order valence-corrected chi connectivity index (χ0v) is 10.2. The molecule has 0 aliphatic heterocycles. The molecule has 104 valence electrons. The van der Waals surface area contributed by atoms with E-state index in [1.165, 1.54) is 12.1 Å². The molecule has 0 aromatic heterocycles. The van der Waals surface area contributed by atoms with Crippen LogP contribution in [0.5, 0.6) is 11.5 Å². The Morgan fingerprint density at radius 1 is 1.15 bits per heavy atom. The lowest BCUT2D eigenvalue weighted by molar-refractivity contribution is -0.385. The summed E-state index contributed by atoms with van der Waals surface area (Å²) in [5.74, 6) is -1.45. The Bertz CT molecular complexity index is 662. The molecule has 0 spiro atoms. The zero-order valence-electron chi connectivity index (χ0n) is 10.2. The van der Waals surface area contributed by atoms with E-state index in [0.29, 0.717) is 5.56 Å². The number of halogens is 2. The summed E-state index contributed by atoms with van der Waals surface area (Å²) >= 11 is 0. The van der Waals surface area contributed by atoms with Gasteiger partial charge in [-0.1, -0.05) is 0 Å². The highest BCUT2D eigenvalue weighted by Gasteiger charge is 2.17. The van der Waals surface area contributed by atoms with Crippen molar-refractivity contribution in [3.8, 4) is 11.5 Å². The Labute approximate surface area is 112 Å². The lowest BCUT2D eigenvalue weighted by atomic mass is 10.2. The molecule has 2 rings (SSSR count). The lowest BCUT2D eigenvalue weighted by Gasteiger charge is -2.08. The second-order valence-corrected chi connectivity index (χ2v) is 3.97. The standard InChI is InChI=1S/C13H10F2N2O3/c14-9-1-2-13(12(6-9)17(18)19)20-11-4-8(7-16)3-10(15)5-11/h1-6H,7,16H2. The number of nitrogens with two attached hydrogens (primary N) is 1. The van der Waals surface area contributed by atoms with E-state index in [2.05, 4.69) is 0 Å². The first-order chi connectivity index (χ1) is 9.49. The van der Waals surface area contributed by atoms with Gasteiger partial charge < -0.3 is 10.5 Å². The third-order valence-electron chi connectivity index (χ3n) is 2.51. The second kappa shape index (κ2) is 5.62. The minimum Gasteiger partial charge on any atom is -0.450 e. The number of hydrogen-bond acceptors (Lipinski definition) is 4. The van der Waals surface area contributed by atoms with E-state index in [9.17, 15) is 18.9 Å². The predicted molar refractivity (Wildman–Crippen MR) is 67.4 cm³/mol. The number of ether oxygens (including phenoxy) is 1. The van der Waals surface area contributed by atoms with Gasteiger partial charge >= 0.3 is 5.69 Å². The predicted octanol–water partition coefficient (Wildman–Crippen LogP) is 3.12. The molecule has 0 aliphatic rings. The average Bonchev–Trinajstić information content (AvgIpc) is 2.40. The average molecular weight is 280 g/mol. The first-order valence-electron chi connectivity index (χ1n) is 5.61. The second-order valence-electron chi connectivity index (χ2n) is 3.97. The highest BCUT2D eigenvalue weighted by atomic mass is 19.1. The maximum Gasteiger partial charge on any atom is 0.314 e. The van der Waals surface area contributed by atoms with Crippen LogP contribution < -0.4 is 10.5 Å². The minimum atomic E-state index is -0.776. The van der Waals surface area contributed by atoms with Gasteiger partial charge in [0, 0.05) is 12.6 Å². The summed E-state index contributed by atoms with van der Waals surface area (Å²) in [5, 5.41) is 10.8. The van der Waals surface area contributed by atoms with E-state index in [1.54, 1.807) is 0 Å². The van der Waals surface area contributed by atoms with Gasteiger partial charge in [-0.3, -0.25) is 10.1 Å². The summed E-state index contributed by atoms with van der Waals surface area (Å²) in [4.78, 5) is 10.0. The number of rotatable bonds is 4. The van der Waals surface area contributed by atoms with Gasteiger partial charge in [-0.25, -0.2) is 8.78 Å². The Morgan fingerprint density at radius 2 is 1.90 bits per heavy atom. The first kappa shape index (κ1) is 13.9. The van der Waals surface area contributed by atoms with E-state index in [0.717, 1.165) is 24.3 Å². The smallest absolute Gasteiger partial charge is 0.314 e. The van der Waals surface area contributed by atoms with Gasteiger partial charge in [0.1, 0.15) is 17.4 Å². The van der Waals surface area contributed by atoms with Crippen LogP contribution in [0.4, 0.5) is 14.5 Å². The minimum absolute atomic E-state index is 0.0557. The Hall–Kier alpha value is -2.54. The van der Waals surface area contributed by atoms with Crippen molar-refractivity contribution in [2.45, 2.75) is 6.54 Å². The molecular weight excluding hydrogens is 270 g/mol. The number of nitro benzene ring substituents is 1. The molecular formula is C13H10F2N2O3. The molecule has 0 unspecified atom stereocenters. The van der Waals surface area contributed by atoms with Crippen LogP contribution in [0.2, 0.25) is 0 Å². The zero-order chi connectivity index (χ0) is 14.7. The number of hydrogen-bond donors (Lipinski definition) is 1. The van der Waals surface area contributed by atoms with Crippen LogP contribution in [0, 0.1) is 21.7 Å². The normalized spacial score (nSPS) is 10.3. The quantitative estimate of drug-likeness (QED) is 0.689. The summed E-state index contributed by atoms with van der Waals surface area (Å²) in [6.45, 7) is 0.0969. The van der Waals surface area contributed by atoms with Crippen molar-refractivity contribution in [1.29, 1.82) is 0 Å². The van der Waals surface area contributed by atoms with Crippen LogP contribution >= 0.6 is 0 Å². The van der Waals surface area contributed by atoms with Crippen molar-refractivity contribution < 1.29 is 18.4 Å². The van der Waals surface area contributed by atoms with Crippen LogP contribution in [0.1, 0.15) is 5.56 Å². The van der Waals surface area contributed by atoms with Crippen LogP contribution in [-0.2, 0) is 6.54 Å². The molecule has 2 N–H and O–H groups in total. The third kappa shape index (κ3) is 3.07. The molecule has 0 radical (unpaired) electrons. The third-order valence-corrected chi connectivity index (χ3v) is 2.51. The van der Waals surface area contributed by atoms with Crippen molar-refractivity contribution in [3.63, 3.8) is 0 Å².